The monoisotopic (exact) mass is 209 g/mol. The van der Waals surface area contributed by atoms with Crippen molar-refractivity contribution < 1.29 is 4.79 Å². The average molecular weight is 210 g/mol. The van der Waals surface area contributed by atoms with E-state index in [1.165, 1.54) is 6.92 Å². The zero-order valence-corrected chi connectivity index (χ0v) is 8.54. The number of aromatic nitrogens is 3. The summed E-state index contributed by atoms with van der Waals surface area (Å²) in [6.07, 6.45) is 3.47. The maximum Gasteiger partial charge on any atom is 0.235 e. The number of carbonyl (C=O) groups excluding carboxylic acids is 1. The van der Waals surface area contributed by atoms with Crippen LogP contribution in [0.4, 0.5) is 0 Å². The normalized spacial score (nSPS) is 10.8. The van der Waals surface area contributed by atoms with Crippen LogP contribution in [-0.2, 0) is 0 Å². The molecule has 5 heteroatoms. The summed E-state index contributed by atoms with van der Waals surface area (Å²) in [7, 11) is 0. The molecule has 0 amide bonds. The van der Waals surface area contributed by atoms with Crippen molar-refractivity contribution in [2.24, 2.45) is 0 Å². The molecule has 0 aliphatic carbocycles. The van der Waals surface area contributed by atoms with Crippen molar-refractivity contribution in [2.45, 2.75) is 13.8 Å². The largest absolute Gasteiger partial charge is 0.293 e. The second-order valence-electron chi connectivity index (χ2n) is 3.11. The van der Waals surface area contributed by atoms with E-state index in [-0.39, 0.29) is 10.9 Å². The Bertz CT molecular complexity index is 518. The Morgan fingerprint density at radius 3 is 2.93 bits per heavy atom. The Morgan fingerprint density at radius 2 is 2.29 bits per heavy atom. The molecule has 2 rings (SSSR count). The third-order valence-corrected chi connectivity index (χ3v) is 2.16. The number of hydrogen-bond donors (Lipinski definition) is 0. The summed E-state index contributed by atoms with van der Waals surface area (Å²) >= 11 is 5.82. The Kier molecular flexibility index (Phi) is 2.00. The Labute approximate surface area is 85.5 Å². The summed E-state index contributed by atoms with van der Waals surface area (Å²) in [4.78, 5) is 19.3. The first-order chi connectivity index (χ1) is 6.59. The molecule has 0 N–H and O–H groups in total. The lowest BCUT2D eigenvalue weighted by Crippen LogP contribution is -2.00. The lowest BCUT2D eigenvalue weighted by Gasteiger charge is -1.97. The highest BCUT2D eigenvalue weighted by Gasteiger charge is 2.14. The van der Waals surface area contributed by atoms with E-state index in [0.29, 0.717) is 11.5 Å². The summed E-state index contributed by atoms with van der Waals surface area (Å²) in [5.74, 6) is 0.334. The molecule has 0 saturated heterocycles. The van der Waals surface area contributed by atoms with E-state index in [1.807, 2.05) is 6.92 Å². The van der Waals surface area contributed by atoms with Gasteiger partial charge in [0.2, 0.25) is 5.78 Å². The highest BCUT2D eigenvalue weighted by Crippen LogP contribution is 2.17. The molecule has 0 bridgehead atoms. The molecule has 2 aromatic heterocycles. The van der Waals surface area contributed by atoms with Crippen LogP contribution in [0.1, 0.15) is 23.0 Å². The molecule has 0 spiro atoms. The highest BCUT2D eigenvalue weighted by molar-refractivity contribution is 6.32. The summed E-state index contributed by atoms with van der Waals surface area (Å²) in [6.45, 7) is 3.35. The Hall–Kier alpha value is -1.42. The van der Waals surface area contributed by atoms with Gasteiger partial charge in [-0.3, -0.25) is 9.20 Å². The van der Waals surface area contributed by atoms with E-state index >= 15 is 0 Å². The molecule has 2 heterocycles. The van der Waals surface area contributed by atoms with Crippen molar-refractivity contribution in [3.05, 3.63) is 28.8 Å². The maximum atomic E-state index is 11.3. The van der Waals surface area contributed by atoms with Gasteiger partial charge in [-0.25, -0.2) is 4.98 Å². The molecular weight excluding hydrogens is 202 g/mol. The van der Waals surface area contributed by atoms with Crippen LogP contribution in [-0.4, -0.2) is 20.2 Å². The zero-order chi connectivity index (χ0) is 10.3. The lowest BCUT2D eigenvalue weighted by molar-refractivity contribution is 0.101. The van der Waals surface area contributed by atoms with Gasteiger partial charge >= 0.3 is 0 Å². The van der Waals surface area contributed by atoms with Gasteiger partial charge in [0.15, 0.2) is 10.9 Å². The van der Waals surface area contributed by atoms with Crippen LogP contribution in [0.25, 0.3) is 5.78 Å². The molecule has 0 aliphatic heterocycles. The van der Waals surface area contributed by atoms with Crippen LogP contribution in [0.5, 0.6) is 0 Å². The van der Waals surface area contributed by atoms with Crippen molar-refractivity contribution in [3.8, 4) is 0 Å². The van der Waals surface area contributed by atoms with Gasteiger partial charge in [-0.05, 0) is 12.5 Å². The number of rotatable bonds is 1. The van der Waals surface area contributed by atoms with Gasteiger partial charge in [0.05, 0.1) is 0 Å². The molecular formula is C9H8ClN3O. The predicted molar refractivity (Wildman–Crippen MR) is 52.7 cm³/mol. The van der Waals surface area contributed by atoms with Crippen molar-refractivity contribution in [2.75, 3.05) is 0 Å². The molecule has 4 nitrogen and oxygen atoms in total. The first kappa shape index (κ1) is 9.15. The third-order valence-electron chi connectivity index (χ3n) is 1.90. The fourth-order valence-electron chi connectivity index (χ4n) is 1.32. The van der Waals surface area contributed by atoms with Gasteiger partial charge in [-0.2, -0.15) is 4.98 Å². The topological polar surface area (TPSA) is 47.3 Å². The molecule has 0 atom stereocenters. The van der Waals surface area contributed by atoms with Crippen LogP contribution in [0.15, 0.2) is 12.4 Å². The van der Waals surface area contributed by atoms with E-state index in [0.717, 1.165) is 5.56 Å². The number of aryl methyl sites for hydroxylation is 1. The van der Waals surface area contributed by atoms with Crippen LogP contribution in [0, 0.1) is 6.92 Å². The fraction of sp³-hybridized carbons (Fsp3) is 0.222. The van der Waals surface area contributed by atoms with E-state index in [4.69, 9.17) is 11.6 Å². The number of halogens is 1. The molecule has 0 saturated carbocycles. The molecule has 2 aromatic rings. The van der Waals surface area contributed by atoms with Crippen molar-refractivity contribution in [1.29, 1.82) is 0 Å². The van der Waals surface area contributed by atoms with E-state index in [2.05, 4.69) is 9.97 Å². The molecule has 0 unspecified atom stereocenters. The third kappa shape index (κ3) is 1.28. The summed E-state index contributed by atoms with van der Waals surface area (Å²) in [5, 5.41) is 0.204. The van der Waals surface area contributed by atoms with Gasteiger partial charge in [-0.1, -0.05) is 11.6 Å². The number of carbonyl (C=O) groups is 1. The number of nitrogens with zero attached hydrogens (tertiary/aromatic N) is 3. The van der Waals surface area contributed by atoms with E-state index in [9.17, 15) is 4.79 Å². The van der Waals surface area contributed by atoms with Crippen LogP contribution < -0.4 is 0 Å². The van der Waals surface area contributed by atoms with Gasteiger partial charge in [0, 0.05) is 19.3 Å². The minimum absolute atomic E-state index is 0.116. The minimum atomic E-state index is -0.116. The van der Waals surface area contributed by atoms with Crippen LogP contribution >= 0.6 is 11.6 Å². The summed E-state index contributed by atoms with van der Waals surface area (Å²) < 4.78 is 1.61. The molecule has 0 fully saturated rings. The quantitative estimate of drug-likeness (QED) is 0.674. The van der Waals surface area contributed by atoms with Crippen molar-refractivity contribution in [1.82, 2.24) is 14.4 Å². The maximum absolute atomic E-state index is 11.3. The number of fused-ring (bicyclic) bond motifs is 1. The Morgan fingerprint density at radius 1 is 1.57 bits per heavy atom. The van der Waals surface area contributed by atoms with Gasteiger partial charge in [-0.15, -0.1) is 0 Å². The summed E-state index contributed by atoms with van der Waals surface area (Å²) in [5.41, 5.74) is 1.34. The average Bonchev–Trinajstić information content (AvgIpc) is 2.40. The number of Topliss-reactive ketones (excluding diaryl/α,β-unsaturated/α-hetero) is 1. The second-order valence-corrected chi connectivity index (χ2v) is 3.47. The standard InChI is InChI=1S/C9H8ClN3O/c1-5-3-11-9-12-8(10)7(6(2)14)13(9)4-5/h3-4H,1-2H3. The van der Waals surface area contributed by atoms with Gasteiger partial charge < -0.3 is 0 Å². The van der Waals surface area contributed by atoms with Crippen LogP contribution in [0.2, 0.25) is 5.15 Å². The first-order valence-electron chi connectivity index (χ1n) is 4.10. The molecule has 72 valence electrons. The Balaban J connectivity index is 2.86. The molecule has 0 radical (unpaired) electrons. The molecule has 14 heavy (non-hydrogen) atoms. The van der Waals surface area contributed by atoms with E-state index in [1.54, 1.807) is 16.8 Å². The fourth-order valence-corrected chi connectivity index (χ4v) is 1.62. The predicted octanol–water partition coefficient (Wildman–Crippen LogP) is 1.89. The van der Waals surface area contributed by atoms with Gasteiger partial charge in [0.25, 0.3) is 0 Å². The second kappa shape index (κ2) is 3.06. The summed E-state index contributed by atoms with van der Waals surface area (Å²) in [6, 6.07) is 0. The van der Waals surface area contributed by atoms with Crippen molar-refractivity contribution >= 4 is 23.2 Å². The van der Waals surface area contributed by atoms with Crippen LogP contribution in [0.3, 0.4) is 0 Å². The minimum Gasteiger partial charge on any atom is -0.293 e. The van der Waals surface area contributed by atoms with Crippen molar-refractivity contribution in [3.63, 3.8) is 0 Å². The lowest BCUT2D eigenvalue weighted by atomic mass is 10.3. The zero-order valence-electron chi connectivity index (χ0n) is 7.78. The SMILES string of the molecule is CC(=O)c1c(Cl)nc2ncc(C)cn12. The number of ketones is 1. The smallest absolute Gasteiger partial charge is 0.235 e. The van der Waals surface area contributed by atoms with Gasteiger partial charge in [0.1, 0.15) is 5.69 Å². The highest BCUT2D eigenvalue weighted by atomic mass is 35.5. The molecule has 0 aromatic carbocycles. The first-order valence-corrected chi connectivity index (χ1v) is 4.48. The molecule has 0 aliphatic rings. The number of imidazole rings is 1. The number of hydrogen-bond acceptors (Lipinski definition) is 3. The van der Waals surface area contributed by atoms with E-state index < -0.39 is 0 Å².